The fraction of sp³-hybridized carbons (Fsp3) is 1.00. The lowest BCUT2D eigenvalue weighted by molar-refractivity contribution is -0.337. The van der Waals surface area contributed by atoms with Crippen molar-refractivity contribution in [3.05, 3.63) is 0 Å². The van der Waals surface area contributed by atoms with Crippen molar-refractivity contribution in [2.45, 2.75) is 20.3 Å². The first-order chi connectivity index (χ1) is 3.81. The standard InChI is InChI=1S/C5H13NO2/c1-3-5-6(7)8-4-2/h7H,3-5H2,1-2H3. The van der Waals surface area contributed by atoms with Crippen molar-refractivity contribution in [3.8, 4) is 0 Å². The largest absolute Gasteiger partial charge is 0.290 e. The van der Waals surface area contributed by atoms with Gasteiger partial charge in [-0.15, -0.1) is 0 Å². The van der Waals surface area contributed by atoms with Crippen LogP contribution in [-0.4, -0.2) is 23.6 Å². The molecule has 50 valence electrons. The van der Waals surface area contributed by atoms with E-state index in [0.29, 0.717) is 13.2 Å². The number of hydrogen-bond donors (Lipinski definition) is 1. The van der Waals surface area contributed by atoms with Crippen LogP contribution in [0.25, 0.3) is 0 Å². The van der Waals surface area contributed by atoms with Gasteiger partial charge in [0, 0.05) is 0 Å². The zero-order valence-electron chi connectivity index (χ0n) is 5.42. The second-order valence-corrected chi connectivity index (χ2v) is 1.49. The summed E-state index contributed by atoms with van der Waals surface area (Å²) in [6.45, 7) is 4.91. The third kappa shape index (κ3) is 4.05. The molecule has 0 rings (SSSR count). The average Bonchev–Trinajstić information content (AvgIpc) is 1.68. The van der Waals surface area contributed by atoms with Crippen LogP contribution in [0.4, 0.5) is 0 Å². The normalized spacial score (nSPS) is 10.5. The van der Waals surface area contributed by atoms with Crippen LogP contribution in [0.5, 0.6) is 0 Å². The van der Waals surface area contributed by atoms with E-state index in [-0.39, 0.29) is 0 Å². The maximum Gasteiger partial charge on any atom is 0.0683 e. The van der Waals surface area contributed by atoms with E-state index in [1.54, 1.807) is 0 Å². The Hall–Kier alpha value is -0.120. The molecular weight excluding hydrogens is 106 g/mol. The van der Waals surface area contributed by atoms with Gasteiger partial charge in [0.05, 0.1) is 13.2 Å². The Balaban J connectivity index is 2.92. The quantitative estimate of drug-likeness (QED) is 0.561. The third-order valence-corrected chi connectivity index (χ3v) is 0.693. The molecule has 0 atom stereocenters. The fourth-order valence-corrected chi connectivity index (χ4v) is 0.405. The number of rotatable bonds is 4. The molecule has 3 nitrogen and oxygen atoms in total. The summed E-state index contributed by atoms with van der Waals surface area (Å²) in [4.78, 5) is 4.67. The lowest BCUT2D eigenvalue weighted by Crippen LogP contribution is -2.19. The van der Waals surface area contributed by atoms with Crippen molar-refractivity contribution in [2.24, 2.45) is 0 Å². The molecule has 0 amide bonds. The van der Waals surface area contributed by atoms with Crippen molar-refractivity contribution in [1.29, 1.82) is 0 Å². The van der Waals surface area contributed by atoms with Gasteiger partial charge in [-0.1, -0.05) is 12.2 Å². The molecule has 0 aromatic rings. The molecule has 0 bridgehead atoms. The summed E-state index contributed by atoms with van der Waals surface area (Å²) < 4.78 is 0. The SMILES string of the molecule is CCCN(O)OCC. The van der Waals surface area contributed by atoms with Gasteiger partial charge in [-0.25, -0.2) is 0 Å². The second-order valence-electron chi connectivity index (χ2n) is 1.49. The van der Waals surface area contributed by atoms with Crippen LogP contribution in [-0.2, 0) is 4.84 Å². The monoisotopic (exact) mass is 119 g/mol. The van der Waals surface area contributed by atoms with E-state index in [4.69, 9.17) is 5.21 Å². The minimum absolute atomic E-state index is 0.524. The van der Waals surface area contributed by atoms with E-state index in [1.165, 1.54) is 0 Å². The van der Waals surface area contributed by atoms with E-state index in [2.05, 4.69) is 4.84 Å². The Morgan fingerprint density at radius 1 is 1.50 bits per heavy atom. The lowest BCUT2D eigenvalue weighted by Gasteiger charge is -2.10. The summed E-state index contributed by atoms with van der Waals surface area (Å²) in [6.07, 6.45) is 0.899. The Bertz CT molecular complexity index is 43.7. The first-order valence-electron chi connectivity index (χ1n) is 2.90. The lowest BCUT2D eigenvalue weighted by atomic mass is 10.5. The molecule has 0 saturated carbocycles. The van der Waals surface area contributed by atoms with Gasteiger partial charge in [-0.2, -0.15) is 0 Å². The van der Waals surface area contributed by atoms with Gasteiger partial charge in [0.25, 0.3) is 0 Å². The Morgan fingerprint density at radius 2 is 2.12 bits per heavy atom. The van der Waals surface area contributed by atoms with Crippen molar-refractivity contribution in [1.82, 2.24) is 5.23 Å². The van der Waals surface area contributed by atoms with Crippen LogP contribution < -0.4 is 0 Å². The highest BCUT2D eigenvalue weighted by atomic mass is 16.9. The van der Waals surface area contributed by atoms with Crippen LogP contribution in [0.1, 0.15) is 20.3 Å². The molecule has 0 aliphatic carbocycles. The van der Waals surface area contributed by atoms with Crippen LogP contribution >= 0.6 is 0 Å². The van der Waals surface area contributed by atoms with E-state index in [0.717, 1.165) is 11.6 Å². The van der Waals surface area contributed by atoms with Gasteiger partial charge < -0.3 is 0 Å². The highest BCUT2D eigenvalue weighted by Gasteiger charge is 1.92. The van der Waals surface area contributed by atoms with Crippen molar-refractivity contribution in [2.75, 3.05) is 13.2 Å². The highest BCUT2D eigenvalue weighted by Crippen LogP contribution is 1.85. The van der Waals surface area contributed by atoms with Gasteiger partial charge in [0.15, 0.2) is 0 Å². The van der Waals surface area contributed by atoms with Gasteiger partial charge in [0.1, 0.15) is 0 Å². The van der Waals surface area contributed by atoms with Gasteiger partial charge >= 0.3 is 0 Å². The fourth-order valence-electron chi connectivity index (χ4n) is 0.405. The molecule has 3 heteroatoms. The van der Waals surface area contributed by atoms with E-state index in [9.17, 15) is 0 Å². The van der Waals surface area contributed by atoms with Crippen molar-refractivity contribution in [3.63, 3.8) is 0 Å². The first kappa shape index (κ1) is 7.88. The highest BCUT2D eigenvalue weighted by molar-refractivity contribution is 4.24. The zero-order valence-corrected chi connectivity index (χ0v) is 5.42. The number of nitrogens with zero attached hydrogens (tertiary/aromatic N) is 1. The van der Waals surface area contributed by atoms with Gasteiger partial charge in [-0.05, 0) is 13.3 Å². The maximum atomic E-state index is 8.66. The molecule has 0 spiro atoms. The molecule has 0 radical (unpaired) electrons. The van der Waals surface area contributed by atoms with E-state index < -0.39 is 0 Å². The number of hydrogen-bond acceptors (Lipinski definition) is 3. The van der Waals surface area contributed by atoms with Crippen LogP contribution in [0.2, 0.25) is 0 Å². The maximum absolute atomic E-state index is 8.66. The summed E-state index contributed by atoms with van der Waals surface area (Å²) in [5.74, 6) is 0. The Kier molecular flexibility index (Phi) is 4.95. The Morgan fingerprint density at radius 3 is 2.50 bits per heavy atom. The predicted molar refractivity (Wildman–Crippen MR) is 30.4 cm³/mol. The van der Waals surface area contributed by atoms with Gasteiger partial charge in [0.2, 0.25) is 0 Å². The van der Waals surface area contributed by atoms with Crippen molar-refractivity contribution < 1.29 is 10.0 Å². The molecule has 0 fully saturated rings. The van der Waals surface area contributed by atoms with E-state index in [1.807, 2.05) is 13.8 Å². The molecule has 1 N–H and O–H groups in total. The van der Waals surface area contributed by atoms with Crippen LogP contribution in [0.3, 0.4) is 0 Å². The molecule has 0 aromatic carbocycles. The van der Waals surface area contributed by atoms with E-state index >= 15 is 0 Å². The molecule has 0 aromatic heterocycles. The summed E-state index contributed by atoms with van der Waals surface area (Å²) >= 11 is 0. The van der Waals surface area contributed by atoms with Crippen LogP contribution in [0.15, 0.2) is 0 Å². The topological polar surface area (TPSA) is 32.7 Å². The Labute approximate surface area is 49.8 Å². The summed E-state index contributed by atoms with van der Waals surface area (Å²) in [5.41, 5.74) is 0. The molecule has 8 heavy (non-hydrogen) atoms. The molecule has 0 saturated heterocycles. The summed E-state index contributed by atoms with van der Waals surface area (Å²) in [5, 5.41) is 9.52. The third-order valence-electron chi connectivity index (χ3n) is 0.693. The number of hydroxylamine groups is 2. The first-order valence-corrected chi connectivity index (χ1v) is 2.90. The predicted octanol–water partition coefficient (Wildman–Crippen LogP) is 1.04. The smallest absolute Gasteiger partial charge is 0.0683 e. The summed E-state index contributed by atoms with van der Waals surface area (Å²) in [7, 11) is 0. The second kappa shape index (κ2) is 5.03. The zero-order chi connectivity index (χ0) is 6.41. The molecular formula is C5H13NO2. The minimum Gasteiger partial charge on any atom is -0.290 e. The molecule has 0 aliphatic heterocycles. The van der Waals surface area contributed by atoms with Gasteiger partial charge in [-0.3, -0.25) is 10.0 Å². The summed E-state index contributed by atoms with van der Waals surface area (Å²) in [6, 6.07) is 0. The molecule has 0 heterocycles. The molecule has 0 unspecified atom stereocenters. The van der Waals surface area contributed by atoms with Crippen molar-refractivity contribution >= 4 is 0 Å². The van der Waals surface area contributed by atoms with Crippen LogP contribution in [0, 0.1) is 0 Å². The average molecular weight is 119 g/mol. The molecule has 0 aliphatic rings. The minimum atomic E-state index is 0.524.